The molecule has 1 rings (SSSR count). The van der Waals surface area contributed by atoms with Gasteiger partial charge in [0.25, 0.3) is 0 Å². The van der Waals surface area contributed by atoms with Crippen LogP contribution in [0.1, 0.15) is 16.7 Å². The van der Waals surface area contributed by atoms with E-state index in [1.54, 1.807) is 6.07 Å². The van der Waals surface area contributed by atoms with Crippen LogP contribution in [0.2, 0.25) is 0 Å². The summed E-state index contributed by atoms with van der Waals surface area (Å²) in [6, 6.07) is 4.66. The number of alkyl halides is 3. The van der Waals surface area contributed by atoms with Gasteiger partial charge in [0.05, 0.1) is 19.1 Å². The first-order chi connectivity index (χ1) is 9.03. The molecule has 0 saturated carbocycles. The van der Waals surface area contributed by atoms with E-state index in [2.05, 4.69) is 9.47 Å². The largest absolute Gasteiger partial charge is 0.469 e. The number of carbonyl (C=O) groups excluding carboxylic acids is 1. The van der Waals surface area contributed by atoms with Crippen molar-refractivity contribution in [2.75, 3.05) is 7.11 Å². The monoisotopic (exact) mass is 289 g/mol. The van der Waals surface area contributed by atoms with E-state index in [1.807, 2.05) is 0 Å². The fraction of sp³-hybridized carbons (Fsp3) is 0.333. The molecule has 0 aliphatic heterocycles. The van der Waals surface area contributed by atoms with E-state index in [0.717, 1.165) is 0 Å². The SMILES string of the molecule is COC(=O)Cc1ccc(CCl)c(C#N)c1OC(F)F. The second kappa shape index (κ2) is 6.90. The molecule has 0 amide bonds. The third-order valence-corrected chi connectivity index (χ3v) is 2.64. The van der Waals surface area contributed by atoms with Gasteiger partial charge < -0.3 is 9.47 Å². The lowest BCUT2D eigenvalue weighted by molar-refractivity contribution is -0.139. The number of carbonyl (C=O) groups is 1. The van der Waals surface area contributed by atoms with Crippen LogP contribution in [0.5, 0.6) is 5.75 Å². The number of benzene rings is 1. The molecule has 19 heavy (non-hydrogen) atoms. The highest BCUT2D eigenvalue weighted by molar-refractivity contribution is 6.17. The van der Waals surface area contributed by atoms with Crippen LogP contribution in [0.15, 0.2) is 12.1 Å². The number of hydrogen-bond acceptors (Lipinski definition) is 4. The van der Waals surface area contributed by atoms with Gasteiger partial charge in [0.1, 0.15) is 11.8 Å². The van der Waals surface area contributed by atoms with Crippen molar-refractivity contribution >= 4 is 17.6 Å². The minimum atomic E-state index is -3.10. The van der Waals surface area contributed by atoms with Gasteiger partial charge in [-0.25, -0.2) is 0 Å². The maximum Gasteiger partial charge on any atom is 0.387 e. The smallest absolute Gasteiger partial charge is 0.387 e. The average molecular weight is 290 g/mol. The molecular weight excluding hydrogens is 280 g/mol. The fourth-order valence-electron chi connectivity index (χ4n) is 1.49. The molecule has 1 aromatic carbocycles. The van der Waals surface area contributed by atoms with E-state index < -0.39 is 12.6 Å². The van der Waals surface area contributed by atoms with E-state index in [4.69, 9.17) is 16.9 Å². The molecule has 0 atom stereocenters. The fourth-order valence-corrected chi connectivity index (χ4v) is 1.71. The van der Waals surface area contributed by atoms with Gasteiger partial charge in [0.15, 0.2) is 0 Å². The lowest BCUT2D eigenvalue weighted by Crippen LogP contribution is -2.11. The molecule has 0 aliphatic carbocycles. The third kappa shape index (κ3) is 3.80. The van der Waals surface area contributed by atoms with E-state index in [1.165, 1.54) is 19.2 Å². The summed E-state index contributed by atoms with van der Waals surface area (Å²) >= 11 is 5.62. The Hall–Kier alpha value is -1.87. The quantitative estimate of drug-likeness (QED) is 0.617. The highest BCUT2D eigenvalue weighted by Gasteiger charge is 2.19. The Balaban J connectivity index is 3.30. The van der Waals surface area contributed by atoms with Crippen LogP contribution >= 0.6 is 11.6 Å². The first kappa shape index (κ1) is 15.2. The molecule has 0 N–H and O–H groups in total. The Morgan fingerprint density at radius 3 is 2.58 bits per heavy atom. The molecule has 0 aromatic heterocycles. The summed E-state index contributed by atoms with van der Waals surface area (Å²) in [5.41, 5.74) is 0.405. The molecule has 4 nitrogen and oxygen atoms in total. The van der Waals surface area contributed by atoms with Crippen molar-refractivity contribution in [3.63, 3.8) is 0 Å². The van der Waals surface area contributed by atoms with Crippen molar-refractivity contribution in [3.8, 4) is 11.8 Å². The summed E-state index contributed by atoms with van der Waals surface area (Å²) in [5.74, 6) is -0.983. The average Bonchev–Trinajstić information content (AvgIpc) is 2.39. The summed E-state index contributed by atoms with van der Waals surface area (Å²) < 4.78 is 33.6. The van der Waals surface area contributed by atoms with Crippen LogP contribution in [0, 0.1) is 11.3 Å². The summed E-state index contributed by atoms with van der Waals surface area (Å²) in [4.78, 5) is 11.2. The Kier molecular flexibility index (Phi) is 5.52. The second-order valence-electron chi connectivity index (χ2n) is 3.46. The van der Waals surface area contributed by atoms with Gasteiger partial charge in [-0.1, -0.05) is 12.1 Å². The summed E-state index contributed by atoms with van der Waals surface area (Å²) in [7, 11) is 1.17. The van der Waals surface area contributed by atoms with Gasteiger partial charge in [-0.2, -0.15) is 14.0 Å². The molecule has 102 valence electrons. The number of rotatable bonds is 5. The molecule has 1 aromatic rings. The summed E-state index contributed by atoms with van der Waals surface area (Å²) in [5, 5.41) is 9.01. The first-order valence-electron chi connectivity index (χ1n) is 5.15. The van der Waals surface area contributed by atoms with Gasteiger partial charge >= 0.3 is 12.6 Å². The molecule has 0 aliphatic rings. The van der Waals surface area contributed by atoms with Crippen molar-refractivity contribution in [1.82, 2.24) is 0 Å². The molecule has 0 unspecified atom stereocenters. The Bertz CT molecular complexity index is 514. The zero-order valence-corrected chi connectivity index (χ0v) is 10.7. The van der Waals surface area contributed by atoms with Crippen LogP contribution in [0.25, 0.3) is 0 Å². The van der Waals surface area contributed by atoms with Gasteiger partial charge in [0.2, 0.25) is 0 Å². The van der Waals surface area contributed by atoms with E-state index in [0.29, 0.717) is 5.56 Å². The number of hydrogen-bond donors (Lipinski definition) is 0. The third-order valence-electron chi connectivity index (χ3n) is 2.35. The summed E-state index contributed by atoms with van der Waals surface area (Å²) in [6.45, 7) is -3.10. The minimum Gasteiger partial charge on any atom is -0.469 e. The second-order valence-corrected chi connectivity index (χ2v) is 3.73. The number of nitriles is 1. The normalized spacial score (nSPS) is 10.1. The molecular formula is C12H10ClF2NO3. The Morgan fingerprint density at radius 1 is 1.47 bits per heavy atom. The van der Waals surface area contributed by atoms with Crippen molar-refractivity contribution in [3.05, 3.63) is 28.8 Å². The highest BCUT2D eigenvalue weighted by atomic mass is 35.5. The maximum absolute atomic E-state index is 12.4. The molecule has 7 heteroatoms. The van der Waals surface area contributed by atoms with Crippen LogP contribution in [0.3, 0.4) is 0 Å². The van der Waals surface area contributed by atoms with Gasteiger partial charge in [-0.15, -0.1) is 11.6 Å². The zero-order chi connectivity index (χ0) is 14.4. The van der Waals surface area contributed by atoms with Crippen molar-refractivity contribution < 1.29 is 23.0 Å². The van der Waals surface area contributed by atoms with Gasteiger partial charge in [0, 0.05) is 11.4 Å². The number of ether oxygens (including phenoxy) is 2. The topological polar surface area (TPSA) is 59.3 Å². The lowest BCUT2D eigenvalue weighted by Gasteiger charge is -2.13. The molecule has 0 spiro atoms. The van der Waals surface area contributed by atoms with Gasteiger partial charge in [-0.3, -0.25) is 4.79 Å². The number of methoxy groups -OCH3 is 1. The Labute approximate surface area is 113 Å². The van der Waals surface area contributed by atoms with E-state index in [-0.39, 0.29) is 29.2 Å². The molecule has 0 bridgehead atoms. The van der Waals surface area contributed by atoms with Crippen molar-refractivity contribution in [2.45, 2.75) is 18.9 Å². The first-order valence-corrected chi connectivity index (χ1v) is 5.69. The van der Waals surface area contributed by atoms with Crippen molar-refractivity contribution in [2.24, 2.45) is 0 Å². The molecule has 0 saturated heterocycles. The predicted molar refractivity (Wildman–Crippen MR) is 63.1 cm³/mol. The molecule has 0 heterocycles. The number of nitrogens with zero attached hydrogens (tertiary/aromatic N) is 1. The lowest BCUT2D eigenvalue weighted by atomic mass is 10.0. The minimum absolute atomic E-state index is 0.0268. The number of esters is 1. The molecule has 0 fully saturated rings. The van der Waals surface area contributed by atoms with Crippen LogP contribution in [-0.4, -0.2) is 19.7 Å². The van der Waals surface area contributed by atoms with Crippen LogP contribution < -0.4 is 4.74 Å². The Morgan fingerprint density at radius 2 is 2.11 bits per heavy atom. The zero-order valence-electron chi connectivity index (χ0n) is 9.95. The van der Waals surface area contributed by atoms with Crippen molar-refractivity contribution in [1.29, 1.82) is 5.26 Å². The van der Waals surface area contributed by atoms with Crippen LogP contribution in [-0.2, 0) is 21.8 Å². The maximum atomic E-state index is 12.4. The standard InChI is InChI=1S/C12H10ClF2NO3/c1-18-10(17)4-7-2-3-8(5-13)9(6-16)11(7)19-12(14)15/h2-3,12H,4-5H2,1H3. The van der Waals surface area contributed by atoms with Crippen LogP contribution in [0.4, 0.5) is 8.78 Å². The summed E-state index contributed by atoms with van der Waals surface area (Å²) in [6.07, 6.45) is -0.268. The van der Waals surface area contributed by atoms with E-state index in [9.17, 15) is 13.6 Å². The molecule has 0 radical (unpaired) electrons. The number of halogens is 3. The van der Waals surface area contributed by atoms with E-state index >= 15 is 0 Å². The van der Waals surface area contributed by atoms with Gasteiger partial charge in [-0.05, 0) is 5.56 Å². The predicted octanol–water partition coefficient (Wildman–Crippen LogP) is 2.61. The highest BCUT2D eigenvalue weighted by Crippen LogP contribution is 2.30.